The second kappa shape index (κ2) is 12.1. The Hall–Kier alpha value is -4.51. The van der Waals surface area contributed by atoms with Gasteiger partial charge in [-0.25, -0.2) is 5.26 Å². The molecule has 0 unspecified atom stereocenters. The molecule has 4 aromatic carbocycles. The first kappa shape index (κ1) is 28.5. The quantitative estimate of drug-likeness (QED) is 0.0510. The van der Waals surface area contributed by atoms with Gasteiger partial charge in [-0.1, -0.05) is 17.2 Å². The third-order valence-electron chi connectivity index (χ3n) is 5.42. The lowest BCUT2D eigenvalue weighted by atomic mass is 10.1. The Labute approximate surface area is 230 Å². The molecule has 0 bridgehead atoms. The maximum absolute atomic E-state index is 13.0. The summed E-state index contributed by atoms with van der Waals surface area (Å²) in [5, 5.41) is 30.0. The van der Waals surface area contributed by atoms with Crippen LogP contribution in [0.1, 0.15) is 20.7 Å². The molecule has 0 heterocycles. The van der Waals surface area contributed by atoms with Crippen LogP contribution in [0.15, 0.2) is 82.6 Å². The highest BCUT2D eigenvalue weighted by atomic mass is 32.2. The van der Waals surface area contributed by atoms with Gasteiger partial charge in [0.05, 0.1) is 17.7 Å². The van der Waals surface area contributed by atoms with Gasteiger partial charge in [-0.05, 0) is 66.0 Å². The first-order valence-corrected chi connectivity index (χ1v) is 13.2. The standard InChI is InChI=1S/C25H19N3O10S2/c29-13-26-17-5-1-3-14(7-17)24(31)27-18-6-2-4-15(8-18)25(32)28-21-12-20-16(10-23(21)40(34,35)36)9-19(11-22(20)30)39-38-37-33/h1-13,30,33H,(H,26,29)(H,27,31)(H,28,32)(H,34,35,36). The maximum atomic E-state index is 13.0. The molecule has 40 heavy (non-hydrogen) atoms. The summed E-state index contributed by atoms with van der Waals surface area (Å²) in [5.41, 5.74) is 0.616. The zero-order valence-electron chi connectivity index (χ0n) is 20.0. The van der Waals surface area contributed by atoms with Crippen molar-refractivity contribution in [2.24, 2.45) is 0 Å². The largest absolute Gasteiger partial charge is 0.507 e. The van der Waals surface area contributed by atoms with Gasteiger partial charge in [-0.2, -0.15) is 8.42 Å². The van der Waals surface area contributed by atoms with E-state index in [1.54, 1.807) is 12.1 Å². The third-order valence-corrected chi connectivity index (χ3v) is 6.87. The van der Waals surface area contributed by atoms with Crippen molar-refractivity contribution < 1.29 is 47.1 Å². The third kappa shape index (κ3) is 6.73. The van der Waals surface area contributed by atoms with Crippen LogP contribution in [0.4, 0.5) is 17.1 Å². The fourth-order valence-electron chi connectivity index (χ4n) is 3.71. The highest BCUT2D eigenvalue weighted by Crippen LogP contribution is 2.36. The number of hydrogen-bond donors (Lipinski definition) is 6. The van der Waals surface area contributed by atoms with E-state index in [1.165, 1.54) is 48.5 Å². The van der Waals surface area contributed by atoms with Crippen molar-refractivity contribution in [3.05, 3.63) is 83.9 Å². The van der Waals surface area contributed by atoms with Crippen LogP contribution in [-0.4, -0.2) is 41.6 Å². The molecule has 0 aliphatic heterocycles. The smallest absolute Gasteiger partial charge is 0.296 e. The van der Waals surface area contributed by atoms with E-state index in [-0.39, 0.29) is 43.9 Å². The Morgan fingerprint density at radius 1 is 0.875 bits per heavy atom. The monoisotopic (exact) mass is 585 g/mol. The topological polar surface area (TPSA) is 201 Å². The number of carbonyl (C=O) groups is 3. The fourth-order valence-corrected chi connectivity index (χ4v) is 4.82. The zero-order chi connectivity index (χ0) is 28.9. The number of phenols is 1. The van der Waals surface area contributed by atoms with Gasteiger partial charge in [0.15, 0.2) is 0 Å². The number of hydrogen-bond acceptors (Lipinski definition) is 10. The second-order valence-electron chi connectivity index (χ2n) is 8.04. The predicted molar refractivity (Wildman–Crippen MR) is 145 cm³/mol. The predicted octanol–water partition coefficient (Wildman–Crippen LogP) is 4.29. The van der Waals surface area contributed by atoms with Gasteiger partial charge in [0.2, 0.25) is 6.41 Å². The molecule has 4 rings (SSSR count). The number of benzene rings is 4. The summed E-state index contributed by atoms with van der Waals surface area (Å²) in [7, 11) is -4.84. The van der Waals surface area contributed by atoms with Gasteiger partial charge in [0.25, 0.3) is 21.9 Å². The van der Waals surface area contributed by atoms with E-state index in [1.807, 2.05) is 0 Å². The number of carbonyl (C=O) groups excluding carboxylic acids is 3. The first-order chi connectivity index (χ1) is 19.1. The second-order valence-corrected chi connectivity index (χ2v) is 10.2. The summed E-state index contributed by atoms with van der Waals surface area (Å²) < 4.78 is 38.4. The molecule has 0 spiro atoms. The van der Waals surface area contributed by atoms with Gasteiger partial charge in [0.1, 0.15) is 10.6 Å². The van der Waals surface area contributed by atoms with Crippen LogP contribution >= 0.6 is 12.0 Å². The molecule has 0 radical (unpaired) electrons. The van der Waals surface area contributed by atoms with Crippen molar-refractivity contribution in [3.8, 4) is 5.75 Å². The summed E-state index contributed by atoms with van der Waals surface area (Å²) >= 11 is 0.521. The van der Waals surface area contributed by atoms with Crippen LogP contribution < -0.4 is 16.0 Å². The van der Waals surface area contributed by atoms with Crippen LogP contribution in [0.25, 0.3) is 10.8 Å². The van der Waals surface area contributed by atoms with E-state index in [4.69, 9.17) is 5.26 Å². The van der Waals surface area contributed by atoms with Gasteiger partial charge in [-0.3, -0.25) is 18.9 Å². The Morgan fingerprint density at radius 3 is 2.17 bits per heavy atom. The molecule has 13 nitrogen and oxygen atoms in total. The van der Waals surface area contributed by atoms with Gasteiger partial charge >= 0.3 is 0 Å². The van der Waals surface area contributed by atoms with Crippen LogP contribution in [-0.2, 0) is 24.3 Å². The van der Waals surface area contributed by atoms with Crippen LogP contribution in [0, 0.1) is 0 Å². The maximum Gasteiger partial charge on any atom is 0.296 e. The molecule has 0 aromatic heterocycles. The highest BCUT2D eigenvalue weighted by Gasteiger charge is 2.21. The minimum Gasteiger partial charge on any atom is -0.507 e. The minimum absolute atomic E-state index is 0.0349. The number of fused-ring (bicyclic) bond motifs is 1. The normalized spacial score (nSPS) is 11.2. The Balaban J connectivity index is 1.61. The number of amides is 3. The zero-order valence-corrected chi connectivity index (χ0v) is 21.7. The summed E-state index contributed by atoms with van der Waals surface area (Å²) in [5.74, 6) is -1.62. The molecule has 206 valence electrons. The fraction of sp³-hybridized carbons (Fsp3) is 0. The summed E-state index contributed by atoms with van der Waals surface area (Å²) in [4.78, 5) is 35.9. The van der Waals surface area contributed by atoms with Crippen molar-refractivity contribution in [1.29, 1.82) is 0 Å². The Bertz CT molecular complexity index is 1730. The number of aromatic hydroxyl groups is 1. The first-order valence-electron chi connectivity index (χ1n) is 11.0. The van der Waals surface area contributed by atoms with Crippen LogP contribution in [0.5, 0.6) is 5.75 Å². The lowest BCUT2D eigenvalue weighted by molar-refractivity contribution is -0.432. The summed E-state index contributed by atoms with van der Waals surface area (Å²) in [6.07, 6.45) is 0.476. The average Bonchev–Trinajstić information content (AvgIpc) is 2.92. The van der Waals surface area contributed by atoms with Gasteiger partial charge < -0.3 is 21.1 Å². The molecule has 3 amide bonds. The molecule has 4 aromatic rings. The van der Waals surface area contributed by atoms with E-state index in [2.05, 4.69) is 25.3 Å². The molecule has 0 aliphatic rings. The van der Waals surface area contributed by atoms with Crippen molar-refractivity contribution in [1.82, 2.24) is 0 Å². The molecule has 0 saturated heterocycles. The lowest BCUT2D eigenvalue weighted by Gasteiger charge is -2.13. The number of anilines is 3. The molecular formula is C25H19N3O10S2. The molecule has 0 saturated carbocycles. The van der Waals surface area contributed by atoms with E-state index >= 15 is 0 Å². The van der Waals surface area contributed by atoms with Crippen LogP contribution in [0.2, 0.25) is 0 Å². The highest BCUT2D eigenvalue weighted by molar-refractivity contribution is 7.94. The van der Waals surface area contributed by atoms with Crippen molar-refractivity contribution >= 4 is 68.2 Å². The van der Waals surface area contributed by atoms with Gasteiger partial charge in [-0.15, -0.1) is 4.33 Å². The van der Waals surface area contributed by atoms with Gasteiger partial charge in [0, 0.05) is 32.8 Å². The average molecular weight is 586 g/mol. The van der Waals surface area contributed by atoms with E-state index in [9.17, 15) is 32.5 Å². The number of rotatable bonds is 10. The van der Waals surface area contributed by atoms with Crippen molar-refractivity contribution in [2.45, 2.75) is 9.79 Å². The molecule has 15 heteroatoms. The molecule has 6 N–H and O–H groups in total. The Kier molecular flexibility index (Phi) is 8.64. The van der Waals surface area contributed by atoms with Crippen molar-refractivity contribution in [3.63, 3.8) is 0 Å². The van der Waals surface area contributed by atoms with E-state index in [0.717, 1.165) is 12.1 Å². The van der Waals surface area contributed by atoms with Crippen LogP contribution in [0.3, 0.4) is 0 Å². The Morgan fingerprint density at radius 2 is 1.52 bits per heavy atom. The minimum atomic E-state index is -4.84. The number of phenolic OH excluding ortho intramolecular Hbond substituents is 1. The lowest BCUT2D eigenvalue weighted by Crippen LogP contribution is -2.16. The van der Waals surface area contributed by atoms with E-state index < -0.39 is 26.8 Å². The van der Waals surface area contributed by atoms with E-state index in [0.29, 0.717) is 24.1 Å². The summed E-state index contributed by atoms with van der Waals surface area (Å²) in [6, 6.07) is 16.8. The molecular weight excluding hydrogens is 566 g/mol. The molecule has 0 fully saturated rings. The number of nitrogens with one attached hydrogen (secondary N) is 3. The van der Waals surface area contributed by atoms with Crippen molar-refractivity contribution in [2.75, 3.05) is 16.0 Å². The SMILES string of the molecule is O=CNc1cccc(C(=O)Nc2cccc(C(=O)Nc3cc4c(O)cc(SOOO)cc4cc3S(=O)(=O)O)c2)c1. The summed E-state index contributed by atoms with van der Waals surface area (Å²) in [6.45, 7) is 0. The molecule has 0 aliphatic carbocycles. The molecule has 0 atom stereocenters.